The molecule has 1 saturated heterocycles. The Hall–Kier alpha value is -5.35. The summed E-state index contributed by atoms with van der Waals surface area (Å²) < 4.78 is 2.00. The van der Waals surface area contributed by atoms with E-state index in [1.165, 1.54) is 0 Å². The minimum absolute atomic E-state index is 0.0699. The van der Waals surface area contributed by atoms with E-state index in [0.29, 0.717) is 30.2 Å². The van der Waals surface area contributed by atoms with Crippen molar-refractivity contribution in [2.75, 3.05) is 22.1 Å². The van der Waals surface area contributed by atoms with Gasteiger partial charge in [-0.15, -0.1) is 11.3 Å². The highest BCUT2D eigenvalue weighted by Crippen LogP contribution is 2.34. The standard InChI is InChI=1S/C33H27N7O2S/c41-29(21-26-11-6-18-43-26)35-23-8-3-7-22(19-23)31-32(40-16-2-1-12-28(40)38-31)27-14-15-34-33(37-27)36-24-9-4-10-25(20-24)39-17-5-13-30(39)42/h1-4,6-12,14-16,18-20H,5,13,17,21H2,(H,35,41)(H,34,36,37). The van der Waals surface area contributed by atoms with Gasteiger partial charge in [0.15, 0.2) is 0 Å². The minimum Gasteiger partial charge on any atom is -0.326 e. The quantitative estimate of drug-likeness (QED) is 0.209. The predicted molar refractivity (Wildman–Crippen MR) is 170 cm³/mol. The van der Waals surface area contributed by atoms with Crippen LogP contribution in [0.2, 0.25) is 0 Å². The number of hydrogen-bond acceptors (Lipinski definition) is 7. The van der Waals surface area contributed by atoms with Gasteiger partial charge < -0.3 is 15.5 Å². The lowest BCUT2D eigenvalue weighted by atomic mass is 10.1. The normalized spacial score (nSPS) is 13.0. The van der Waals surface area contributed by atoms with Crippen molar-refractivity contribution in [3.8, 4) is 22.6 Å². The smallest absolute Gasteiger partial charge is 0.229 e. The predicted octanol–water partition coefficient (Wildman–Crippen LogP) is 6.57. The monoisotopic (exact) mass is 585 g/mol. The Kier molecular flexibility index (Phi) is 7.10. The number of rotatable bonds is 8. The summed E-state index contributed by atoms with van der Waals surface area (Å²) in [5.74, 6) is 0.495. The molecule has 0 radical (unpaired) electrons. The van der Waals surface area contributed by atoms with E-state index in [9.17, 15) is 9.59 Å². The number of amides is 2. The first-order valence-electron chi connectivity index (χ1n) is 14.0. The first kappa shape index (κ1) is 26.5. The minimum atomic E-state index is -0.0699. The van der Waals surface area contributed by atoms with E-state index >= 15 is 0 Å². The van der Waals surface area contributed by atoms with Crippen LogP contribution in [-0.4, -0.2) is 37.7 Å². The molecule has 2 N–H and O–H groups in total. The molecule has 10 heteroatoms. The summed E-state index contributed by atoms with van der Waals surface area (Å²) in [7, 11) is 0. The fourth-order valence-electron chi connectivity index (χ4n) is 5.32. The molecule has 1 aliphatic heterocycles. The van der Waals surface area contributed by atoms with Gasteiger partial charge in [-0.05, 0) is 66.4 Å². The van der Waals surface area contributed by atoms with E-state index in [2.05, 4.69) is 15.6 Å². The Morgan fingerprint density at radius 3 is 2.70 bits per heavy atom. The number of carbonyl (C=O) groups excluding carboxylic acids is 2. The molecule has 1 aliphatic rings. The van der Waals surface area contributed by atoms with Gasteiger partial charge in [0.05, 0.1) is 23.5 Å². The number of pyridine rings is 1. The number of aromatic nitrogens is 4. The highest BCUT2D eigenvalue weighted by Gasteiger charge is 2.22. The molecule has 6 aromatic rings. The fraction of sp³-hybridized carbons (Fsp3) is 0.121. The zero-order valence-corrected chi connectivity index (χ0v) is 23.9. The van der Waals surface area contributed by atoms with Crippen molar-refractivity contribution in [2.24, 2.45) is 0 Å². The van der Waals surface area contributed by atoms with Crippen LogP contribution < -0.4 is 15.5 Å². The lowest BCUT2D eigenvalue weighted by Crippen LogP contribution is -2.23. The number of nitrogens with zero attached hydrogens (tertiary/aromatic N) is 5. The van der Waals surface area contributed by atoms with E-state index in [4.69, 9.17) is 9.97 Å². The molecule has 1 fully saturated rings. The van der Waals surface area contributed by atoms with Gasteiger partial charge in [-0.3, -0.25) is 14.0 Å². The molecule has 0 unspecified atom stereocenters. The van der Waals surface area contributed by atoms with Crippen molar-refractivity contribution in [1.82, 2.24) is 19.4 Å². The van der Waals surface area contributed by atoms with Gasteiger partial charge in [0.2, 0.25) is 17.8 Å². The number of fused-ring (bicyclic) bond motifs is 1. The van der Waals surface area contributed by atoms with Gasteiger partial charge in [0, 0.05) is 52.9 Å². The number of nitrogens with one attached hydrogen (secondary N) is 2. The van der Waals surface area contributed by atoms with Crippen molar-refractivity contribution in [3.05, 3.63) is 108 Å². The zero-order chi connectivity index (χ0) is 29.2. The van der Waals surface area contributed by atoms with Gasteiger partial charge >= 0.3 is 0 Å². The molecule has 4 aromatic heterocycles. The van der Waals surface area contributed by atoms with Crippen LogP contribution in [0.4, 0.5) is 23.0 Å². The van der Waals surface area contributed by atoms with Crippen LogP contribution in [-0.2, 0) is 16.0 Å². The third kappa shape index (κ3) is 5.60. The molecular weight excluding hydrogens is 558 g/mol. The Morgan fingerprint density at radius 1 is 0.930 bits per heavy atom. The number of carbonyl (C=O) groups is 2. The molecule has 9 nitrogen and oxygen atoms in total. The molecule has 7 rings (SSSR count). The number of hydrogen-bond donors (Lipinski definition) is 2. The van der Waals surface area contributed by atoms with Crippen LogP contribution >= 0.6 is 11.3 Å². The van der Waals surface area contributed by atoms with Crippen LogP contribution in [0, 0.1) is 0 Å². The molecule has 0 bridgehead atoms. The van der Waals surface area contributed by atoms with E-state index in [-0.39, 0.29) is 11.8 Å². The summed E-state index contributed by atoms with van der Waals surface area (Å²) in [6.45, 7) is 0.727. The third-order valence-electron chi connectivity index (χ3n) is 7.25. The maximum Gasteiger partial charge on any atom is 0.229 e. The average Bonchev–Trinajstić information content (AvgIpc) is 3.78. The SMILES string of the molecule is O=C(Cc1cccs1)Nc1cccc(-c2nc3ccccn3c2-c2ccnc(Nc3cccc(N4CCCC4=O)c3)n2)c1. The van der Waals surface area contributed by atoms with Gasteiger partial charge in [0.25, 0.3) is 0 Å². The lowest BCUT2D eigenvalue weighted by molar-refractivity contribution is -0.117. The van der Waals surface area contributed by atoms with Gasteiger partial charge in [-0.1, -0.05) is 30.3 Å². The summed E-state index contributed by atoms with van der Waals surface area (Å²) in [5.41, 5.74) is 6.19. The molecule has 2 amide bonds. The van der Waals surface area contributed by atoms with E-state index in [1.54, 1.807) is 17.5 Å². The summed E-state index contributed by atoms with van der Waals surface area (Å²) in [4.78, 5) is 42.1. The molecule has 43 heavy (non-hydrogen) atoms. The van der Waals surface area contributed by atoms with E-state index in [1.807, 2.05) is 106 Å². The molecule has 0 aliphatic carbocycles. The second kappa shape index (κ2) is 11.5. The topological polar surface area (TPSA) is 105 Å². The summed E-state index contributed by atoms with van der Waals surface area (Å²) in [6.07, 6.45) is 5.45. The second-order valence-electron chi connectivity index (χ2n) is 10.2. The van der Waals surface area contributed by atoms with Crippen LogP contribution in [0.5, 0.6) is 0 Å². The maximum atomic E-state index is 12.7. The van der Waals surface area contributed by atoms with Gasteiger partial charge in [-0.2, -0.15) is 0 Å². The van der Waals surface area contributed by atoms with E-state index < -0.39 is 0 Å². The van der Waals surface area contributed by atoms with Crippen LogP contribution in [0.3, 0.4) is 0 Å². The zero-order valence-electron chi connectivity index (χ0n) is 23.1. The first-order valence-corrected chi connectivity index (χ1v) is 14.9. The molecular formula is C33H27N7O2S. The molecule has 212 valence electrons. The van der Waals surface area contributed by atoms with Crippen LogP contribution in [0.15, 0.2) is 103 Å². The maximum absolute atomic E-state index is 12.7. The molecule has 0 spiro atoms. The van der Waals surface area contributed by atoms with Crippen molar-refractivity contribution < 1.29 is 9.59 Å². The Bertz CT molecular complexity index is 1950. The number of anilines is 4. The lowest BCUT2D eigenvalue weighted by Gasteiger charge is -2.17. The van der Waals surface area contributed by atoms with E-state index in [0.717, 1.165) is 51.8 Å². The fourth-order valence-corrected chi connectivity index (χ4v) is 6.02. The largest absolute Gasteiger partial charge is 0.326 e. The highest BCUT2D eigenvalue weighted by molar-refractivity contribution is 7.10. The van der Waals surface area contributed by atoms with Crippen molar-refractivity contribution in [2.45, 2.75) is 19.3 Å². The van der Waals surface area contributed by atoms with Crippen LogP contribution in [0.1, 0.15) is 17.7 Å². The number of benzene rings is 2. The highest BCUT2D eigenvalue weighted by atomic mass is 32.1. The van der Waals surface area contributed by atoms with Crippen molar-refractivity contribution in [3.63, 3.8) is 0 Å². The third-order valence-corrected chi connectivity index (χ3v) is 8.13. The number of thiophene rings is 1. The van der Waals surface area contributed by atoms with Gasteiger partial charge in [-0.25, -0.2) is 15.0 Å². The Morgan fingerprint density at radius 2 is 1.84 bits per heavy atom. The summed E-state index contributed by atoms with van der Waals surface area (Å²) in [6, 6.07) is 27.0. The summed E-state index contributed by atoms with van der Waals surface area (Å²) >= 11 is 1.57. The molecule has 2 aromatic carbocycles. The second-order valence-corrected chi connectivity index (χ2v) is 11.2. The number of imidazole rings is 1. The first-order chi connectivity index (χ1) is 21.1. The molecule has 0 atom stereocenters. The molecule has 5 heterocycles. The van der Waals surface area contributed by atoms with Crippen LogP contribution in [0.25, 0.3) is 28.3 Å². The Balaban J connectivity index is 1.21. The average molecular weight is 586 g/mol. The Labute approximate surface area is 251 Å². The van der Waals surface area contributed by atoms with Gasteiger partial charge in [0.1, 0.15) is 5.65 Å². The van der Waals surface area contributed by atoms with Crippen molar-refractivity contribution in [1.29, 1.82) is 0 Å². The summed E-state index contributed by atoms with van der Waals surface area (Å²) in [5, 5.41) is 8.29. The van der Waals surface area contributed by atoms with Crippen molar-refractivity contribution >= 4 is 51.8 Å². The molecule has 0 saturated carbocycles.